The minimum absolute atomic E-state index is 0.0171. The fourth-order valence-electron chi connectivity index (χ4n) is 1.97. The molecule has 0 aliphatic heterocycles. The van der Waals surface area contributed by atoms with Gasteiger partial charge in [0.15, 0.2) is 0 Å². The molecule has 0 radical (unpaired) electrons. The molecule has 0 aromatic heterocycles. The Morgan fingerprint density at radius 3 is 2.39 bits per heavy atom. The quantitative estimate of drug-likeness (QED) is 0.859. The van der Waals surface area contributed by atoms with Crippen molar-refractivity contribution < 1.29 is 17.6 Å². The Kier molecular flexibility index (Phi) is 5.35. The first-order chi connectivity index (χ1) is 10.8. The molecule has 0 saturated carbocycles. The van der Waals surface area contributed by atoms with E-state index in [0.29, 0.717) is 6.42 Å². The van der Waals surface area contributed by atoms with Crippen molar-refractivity contribution in [1.82, 2.24) is 5.32 Å². The van der Waals surface area contributed by atoms with Crippen LogP contribution in [0, 0.1) is 5.82 Å². The van der Waals surface area contributed by atoms with E-state index in [4.69, 9.17) is 16.7 Å². The molecule has 5 nitrogen and oxygen atoms in total. The number of benzene rings is 2. The second-order valence-corrected chi connectivity index (χ2v) is 6.76. The van der Waals surface area contributed by atoms with Crippen LogP contribution in [0.4, 0.5) is 4.39 Å². The number of sulfonamides is 1. The molecule has 0 aliphatic rings. The van der Waals surface area contributed by atoms with Gasteiger partial charge in [-0.3, -0.25) is 4.79 Å². The predicted molar refractivity (Wildman–Crippen MR) is 85.3 cm³/mol. The minimum Gasteiger partial charge on any atom is -0.352 e. The van der Waals surface area contributed by atoms with Crippen molar-refractivity contribution in [3.63, 3.8) is 0 Å². The summed E-state index contributed by atoms with van der Waals surface area (Å²) in [6.45, 7) is 0.248. The predicted octanol–water partition coefficient (Wildman–Crippen LogP) is 2.10. The van der Waals surface area contributed by atoms with E-state index in [1.54, 1.807) is 12.1 Å². The van der Waals surface area contributed by atoms with Gasteiger partial charge < -0.3 is 5.32 Å². The van der Waals surface area contributed by atoms with E-state index in [-0.39, 0.29) is 22.0 Å². The number of rotatable bonds is 5. The van der Waals surface area contributed by atoms with Crippen LogP contribution < -0.4 is 10.5 Å². The first-order valence-electron chi connectivity index (χ1n) is 6.63. The van der Waals surface area contributed by atoms with E-state index in [1.165, 1.54) is 24.3 Å². The van der Waals surface area contributed by atoms with Gasteiger partial charge in [0, 0.05) is 6.54 Å². The maximum atomic E-state index is 13.6. The Bertz CT molecular complexity index is 803. The molecule has 0 spiro atoms. The lowest BCUT2D eigenvalue weighted by atomic mass is 10.1. The molecule has 2 aromatic carbocycles. The summed E-state index contributed by atoms with van der Waals surface area (Å²) in [5.41, 5.74) is 0.607. The number of primary sulfonamides is 1. The van der Waals surface area contributed by atoms with E-state index in [9.17, 15) is 17.6 Å². The van der Waals surface area contributed by atoms with Crippen molar-refractivity contribution in [1.29, 1.82) is 0 Å². The number of amides is 1. The average Bonchev–Trinajstić information content (AvgIpc) is 2.46. The normalized spacial score (nSPS) is 11.3. The van der Waals surface area contributed by atoms with Crippen LogP contribution in [0.15, 0.2) is 47.4 Å². The van der Waals surface area contributed by atoms with Gasteiger partial charge in [-0.2, -0.15) is 0 Å². The van der Waals surface area contributed by atoms with Crippen LogP contribution in [-0.2, 0) is 16.4 Å². The molecule has 3 N–H and O–H groups in total. The molecular formula is C15H14ClFN2O3S. The summed E-state index contributed by atoms with van der Waals surface area (Å²) in [6, 6.07) is 9.99. The maximum Gasteiger partial charge on any atom is 0.255 e. The van der Waals surface area contributed by atoms with Gasteiger partial charge in [-0.1, -0.05) is 29.8 Å². The van der Waals surface area contributed by atoms with Crippen LogP contribution in [0.25, 0.3) is 0 Å². The second kappa shape index (κ2) is 7.08. The number of nitrogens with two attached hydrogens (primary N) is 1. The van der Waals surface area contributed by atoms with Gasteiger partial charge in [0.2, 0.25) is 10.0 Å². The van der Waals surface area contributed by atoms with Gasteiger partial charge >= 0.3 is 0 Å². The van der Waals surface area contributed by atoms with Crippen LogP contribution in [-0.4, -0.2) is 20.9 Å². The van der Waals surface area contributed by atoms with E-state index < -0.39 is 21.7 Å². The molecule has 122 valence electrons. The largest absolute Gasteiger partial charge is 0.352 e. The highest BCUT2D eigenvalue weighted by Crippen LogP contribution is 2.18. The lowest BCUT2D eigenvalue weighted by Crippen LogP contribution is -2.26. The third kappa shape index (κ3) is 4.51. The molecular weight excluding hydrogens is 343 g/mol. The van der Waals surface area contributed by atoms with Crippen molar-refractivity contribution in [3.8, 4) is 0 Å². The van der Waals surface area contributed by atoms with E-state index in [2.05, 4.69) is 5.32 Å². The first kappa shape index (κ1) is 17.4. The van der Waals surface area contributed by atoms with Crippen molar-refractivity contribution in [3.05, 3.63) is 64.4 Å². The Morgan fingerprint density at radius 2 is 1.83 bits per heavy atom. The number of hydrogen-bond acceptors (Lipinski definition) is 3. The summed E-state index contributed by atoms with van der Waals surface area (Å²) in [7, 11) is -3.73. The second-order valence-electron chi connectivity index (χ2n) is 4.79. The lowest BCUT2D eigenvalue weighted by molar-refractivity contribution is 0.0950. The topological polar surface area (TPSA) is 89.3 Å². The standard InChI is InChI=1S/C15H14ClFN2O3S/c16-12-2-1-3-13(17)14(12)15(20)19-9-8-10-4-6-11(7-5-10)23(18,21)22/h1-7H,8-9H2,(H,19,20)(H2,18,21,22). The summed E-state index contributed by atoms with van der Waals surface area (Å²) in [5.74, 6) is -1.29. The van der Waals surface area contributed by atoms with E-state index >= 15 is 0 Å². The first-order valence-corrected chi connectivity index (χ1v) is 8.55. The van der Waals surface area contributed by atoms with Crippen molar-refractivity contribution in [2.24, 2.45) is 5.14 Å². The highest BCUT2D eigenvalue weighted by molar-refractivity contribution is 7.89. The summed E-state index contributed by atoms with van der Waals surface area (Å²) in [6.07, 6.45) is 0.447. The zero-order valence-corrected chi connectivity index (χ0v) is 13.5. The van der Waals surface area contributed by atoms with Gasteiger partial charge in [-0.05, 0) is 36.2 Å². The van der Waals surface area contributed by atoms with Crippen LogP contribution in [0.1, 0.15) is 15.9 Å². The summed E-state index contributed by atoms with van der Waals surface area (Å²) < 4.78 is 35.9. The molecule has 0 fully saturated rings. The summed E-state index contributed by atoms with van der Waals surface area (Å²) >= 11 is 5.81. The Labute approximate surface area is 138 Å². The fraction of sp³-hybridized carbons (Fsp3) is 0.133. The minimum atomic E-state index is -3.73. The zero-order valence-electron chi connectivity index (χ0n) is 11.9. The molecule has 23 heavy (non-hydrogen) atoms. The van der Waals surface area contributed by atoms with Crippen molar-refractivity contribution >= 4 is 27.5 Å². The number of carbonyl (C=O) groups excluding carboxylic acids is 1. The van der Waals surface area contributed by atoms with Crippen molar-refractivity contribution in [2.75, 3.05) is 6.54 Å². The Balaban J connectivity index is 1.96. The lowest BCUT2D eigenvalue weighted by Gasteiger charge is -2.08. The molecule has 0 heterocycles. The molecule has 0 saturated heterocycles. The zero-order chi connectivity index (χ0) is 17.0. The third-order valence-electron chi connectivity index (χ3n) is 3.14. The molecule has 0 aliphatic carbocycles. The summed E-state index contributed by atoms with van der Waals surface area (Å²) in [4.78, 5) is 11.9. The third-order valence-corrected chi connectivity index (χ3v) is 4.39. The average molecular weight is 357 g/mol. The number of halogens is 2. The molecule has 0 bridgehead atoms. The molecule has 1 amide bonds. The number of hydrogen-bond donors (Lipinski definition) is 2. The monoisotopic (exact) mass is 356 g/mol. The van der Waals surface area contributed by atoms with E-state index in [1.807, 2.05) is 0 Å². The van der Waals surface area contributed by atoms with Gasteiger partial charge in [-0.15, -0.1) is 0 Å². The van der Waals surface area contributed by atoms with Gasteiger partial charge in [-0.25, -0.2) is 17.9 Å². The molecule has 0 atom stereocenters. The molecule has 2 rings (SSSR count). The van der Waals surface area contributed by atoms with Crippen molar-refractivity contribution in [2.45, 2.75) is 11.3 Å². The van der Waals surface area contributed by atoms with Gasteiger partial charge in [0.25, 0.3) is 5.91 Å². The Hall–Kier alpha value is -1.96. The highest BCUT2D eigenvalue weighted by atomic mass is 35.5. The van der Waals surface area contributed by atoms with Gasteiger partial charge in [0.05, 0.1) is 15.5 Å². The van der Waals surface area contributed by atoms with Crippen LogP contribution >= 0.6 is 11.6 Å². The van der Waals surface area contributed by atoms with Gasteiger partial charge in [0.1, 0.15) is 5.82 Å². The smallest absolute Gasteiger partial charge is 0.255 e. The van der Waals surface area contributed by atoms with E-state index in [0.717, 1.165) is 11.6 Å². The molecule has 8 heteroatoms. The molecule has 0 unspecified atom stereocenters. The van der Waals surface area contributed by atoms with Crippen LogP contribution in [0.2, 0.25) is 5.02 Å². The number of nitrogens with one attached hydrogen (secondary N) is 1. The Morgan fingerprint density at radius 1 is 1.17 bits per heavy atom. The summed E-state index contributed by atoms with van der Waals surface area (Å²) in [5, 5.41) is 7.62. The fourth-order valence-corrected chi connectivity index (χ4v) is 2.73. The number of carbonyl (C=O) groups is 1. The maximum absolute atomic E-state index is 13.6. The van der Waals surface area contributed by atoms with Crippen LogP contribution in [0.3, 0.4) is 0 Å². The SMILES string of the molecule is NS(=O)(=O)c1ccc(CCNC(=O)c2c(F)cccc2Cl)cc1. The highest BCUT2D eigenvalue weighted by Gasteiger charge is 2.15. The molecule has 2 aromatic rings. The van der Waals surface area contributed by atoms with Crippen LogP contribution in [0.5, 0.6) is 0 Å².